The lowest BCUT2D eigenvalue weighted by molar-refractivity contribution is 0.174. The van der Waals surface area contributed by atoms with Crippen LogP contribution in [0.4, 0.5) is 0 Å². The number of hydrogen-bond donors (Lipinski definition) is 1. The molecule has 1 aliphatic rings. The molecule has 3 aromatic rings. The van der Waals surface area contributed by atoms with Crippen molar-refractivity contribution in [2.45, 2.75) is 0 Å². The van der Waals surface area contributed by atoms with Crippen molar-refractivity contribution in [3.63, 3.8) is 0 Å². The van der Waals surface area contributed by atoms with Crippen LogP contribution in [0.5, 0.6) is 17.2 Å². The lowest BCUT2D eigenvalue weighted by Crippen LogP contribution is -1.92. The van der Waals surface area contributed by atoms with Crippen molar-refractivity contribution in [1.29, 1.82) is 0 Å². The van der Waals surface area contributed by atoms with Gasteiger partial charge < -0.3 is 19.2 Å². The van der Waals surface area contributed by atoms with E-state index in [9.17, 15) is 0 Å². The second-order valence-electron chi connectivity index (χ2n) is 4.40. The van der Waals surface area contributed by atoms with E-state index in [1.165, 1.54) is 0 Å². The minimum Gasteiger partial charge on any atom is -0.496 e. The number of methoxy groups -OCH3 is 1. The van der Waals surface area contributed by atoms with E-state index in [0.29, 0.717) is 17.1 Å². The summed E-state index contributed by atoms with van der Waals surface area (Å²) in [6, 6.07) is 5.71. The van der Waals surface area contributed by atoms with Crippen molar-refractivity contribution in [3.05, 3.63) is 30.7 Å². The molecule has 0 aliphatic carbocycles. The van der Waals surface area contributed by atoms with Crippen LogP contribution in [0.1, 0.15) is 0 Å². The van der Waals surface area contributed by atoms with E-state index < -0.39 is 0 Å². The van der Waals surface area contributed by atoms with E-state index in [2.05, 4.69) is 15.0 Å². The van der Waals surface area contributed by atoms with E-state index in [1.807, 2.05) is 18.2 Å². The van der Waals surface area contributed by atoms with Crippen LogP contribution in [-0.2, 0) is 0 Å². The van der Waals surface area contributed by atoms with Crippen LogP contribution in [0, 0.1) is 0 Å². The molecule has 0 amide bonds. The normalized spacial score (nSPS) is 12.8. The molecule has 1 N–H and O–H groups in total. The summed E-state index contributed by atoms with van der Waals surface area (Å²) in [5.41, 5.74) is 3.40. The third kappa shape index (κ3) is 1.58. The number of aromatic nitrogens is 3. The smallest absolute Gasteiger partial charge is 0.231 e. The summed E-state index contributed by atoms with van der Waals surface area (Å²) >= 11 is 0. The van der Waals surface area contributed by atoms with E-state index in [4.69, 9.17) is 14.2 Å². The quantitative estimate of drug-likeness (QED) is 0.773. The van der Waals surface area contributed by atoms with Gasteiger partial charge in [0.15, 0.2) is 17.1 Å². The first-order chi connectivity index (χ1) is 9.85. The Morgan fingerprint density at radius 3 is 2.85 bits per heavy atom. The number of benzene rings is 1. The Labute approximate surface area is 114 Å². The van der Waals surface area contributed by atoms with E-state index in [-0.39, 0.29) is 6.79 Å². The van der Waals surface area contributed by atoms with Crippen LogP contribution in [0.15, 0.2) is 30.7 Å². The summed E-state index contributed by atoms with van der Waals surface area (Å²) in [6.07, 6.45) is 3.39. The van der Waals surface area contributed by atoms with Crippen LogP contribution >= 0.6 is 0 Å². The van der Waals surface area contributed by atoms with Gasteiger partial charge in [-0.1, -0.05) is 0 Å². The van der Waals surface area contributed by atoms with E-state index >= 15 is 0 Å². The number of aromatic amines is 1. The number of H-pyrrole nitrogens is 1. The summed E-state index contributed by atoms with van der Waals surface area (Å²) in [7, 11) is 1.63. The highest BCUT2D eigenvalue weighted by Gasteiger charge is 2.19. The van der Waals surface area contributed by atoms with Crippen molar-refractivity contribution in [2.75, 3.05) is 13.9 Å². The van der Waals surface area contributed by atoms with Gasteiger partial charge in [-0.05, 0) is 12.1 Å². The lowest BCUT2D eigenvalue weighted by atomic mass is 10.1. The molecule has 6 nitrogen and oxygen atoms in total. The maximum atomic E-state index is 5.43. The van der Waals surface area contributed by atoms with Gasteiger partial charge in [-0.15, -0.1) is 0 Å². The zero-order valence-electron chi connectivity index (χ0n) is 10.7. The fraction of sp³-hybridized carbons (Fsp3) is 0.143. The number of nitrogens with zero attached hydrogens (tertiary/aromatic N) is 2. The first kappa shape index (κ1) is 11.1. The van der Waals surface area contributed by atoms with Crippen LogP contribution in [0.3, 0.4) is 0 Å². The van der Waals surface area contributed by atoms with Crippen molar-refractivity contribution in [3.8, 4) is 28.4 Å². The topological polar surface area (TPSA) is 69.3 Å². The molecule has 20 heavy (non-hydrogen) atoms. The predicted octanol–water partition coefficient (Wildman–Crippen LogP) is 2.36. The fourth-order valence-corrected chi connectivity index (χ4v) is 2.29. The molecule has 0 atom stereocenters. The van der Waals surface area contributed by atoms with Gasteiger partial charge in [-0.2, -0.15) is 0 Å². The summed E-state index contributed by atoms with van der Waals surface area (Å²) in [5.74, 6) is 2.13. The zero-order valence-corrected chi connectivity index (χ0v) is 10.7. The zero-order chi connectivity index (χ0) is 13.5. The third-order valence-electron chi connectivity index (χ3n) is 3.28. The molecule has 0 radical (unpaired) electrons. The second-order valence-corrected chi connectivity index (χ2v) is 4.40. The van der Waals surface area contributed by atoms with Crippen molar-refractivity contribution in [2.24, 2.45) is 0 Å². The third-order valence-corrected chi connectivity index (χ3v) is 3.28. The molecule has 0 saturated carbocycles. The molecule has 2 aromatic heterocycles. The van der Waals surface area contributed by atoms with Gasteiger partial charge in [-0.25, -0.2) is 9.97 Å². The second kappa shape index (κ2) is 4.12. The Hall–Kier alpha value is -2.76. The van der Waals surface area contributed by atoms with Gasteiger partial charge in [-0.3, -0.25) is 0 Å². The fourth-order valence-electron chi connectivity index (χ4n) is 2.29. The Bertz CT molecular complexity index is 797. The molecule has 1 aromatic carbocycles. The van der Waals surface area contributed by atoms with Gasteiger partial charge in [0.25, 0.3) is 0 Å². The molecule has 0 fully saturated rings. The molecule has 0 saturated heterocycles. The Morgan fingerprint density at radius 2 is 2.00 bits per heavy atom. The van der Waals surface area contributed by atoms with Crippen LogP contribution in [0.2, 0.25) is 0 Å². The number of hydrogen-bond acceptors (Lipinski definition) is 5. The molecule has 0 unspecified atom stereocenters. The van der Waals surface area contributed by atoms with Crippen molar-refractivity contribution in [1.82, 2.24) is 15.0 Å². The average Bonchev–Trinajstić information content (AvgIpc) is 3.13. The number of ether oxygens (including phenoxy) is 3. The van der Waals surface area contributed by atoms with Crippen molar-refractivity contribution >= 4 is 11.2 Å². The summed E-state index contributed by atoms with van der Waals surface area (Å²) in [5, 5.41) is 0. The van der Waals surface area contributed by atoms with Gasteiger partial charge >= 0.3 is 0 Å². The first-order valence-corrected chi connectivity index (χ1v) is 6.12. The van der Waals surface area contributed by atoms with Crippen LogP contribution in [0.25, 0.3) is 22.3 Å². The van der Waals surface area contributed by atoms with Crippen LogP contribution < -0.4 is 14.2 Å². The molecular weight excluding hydrogens is 258 g/mol. The number of nitrogens with one attached hydrogen (secondary N) is 1. The van der Waals surface area contributed by atoms with Gasteiger partial charge in [0, 0.05) is 23.4 Å². The molecular formula is C14H11N3O3. The largest absolute Gasteiger partial charge is 0.496 e. The van der Waals surface area contributed by atoms with Gasteiger partial charge in [0.05, 0.1) is 19.0 Å². The maximum absolute atomic E-state index is 5.43. The maximum Gasteiger partial charge on any atom is 0.231 e. The summed E-state index contributed by atoms with van der Waals surface area (Å²) in [6.45, 7) is 0.236. The summed E-state index contributed by atoms with van der Waals surface area (Å²) in [4.78, 5) is 11.5. The highest BCUT2D eigenvalue weighted by Crippen LogP contribution is 2.42. The predicted molar refractivity (Wildman–Crippen MR) is 72.0 cm³/mol. The molecule has 0 spiro atoms. The first-order valence-electron chi connectivity index (χ1n) is 6.12. The highest BCUT2D eigenvalue weighted by atomic mass is 16.7. The number of fused-ring (bicyclic) bond motifs is 2. The number of rotatable bonds is 2. The molecule has 6 heteroatoms. The molecule has 0 bridgehead atoms. The standard InChI is InChI=1S/C14H11N3O3/c1-18-11-4-13-12(19-7-20-13)3-9(11)8-2-10-14(15-5-8)17-6-16-10/h2-6H,7H2,1H3,(H,15,16,17). The number of pyridine rings is 1. The number of imidazole rings is 1. The minimum atomic E-state index is 0.236. The molecule has 4 rings (SSSR count). The Morgan fingerprint density at radius 1 is 1.15 bits per heavy atom. The highest BCUT2D eigenvalue weighted by molar-refractivity contribution is 5.81. The monoisotopic (exact) mass is 269 g/mol. The molecule has 1 aliphatic heterocycles. The van der Waals surface area contributed by atoms with Crippen molar-refractivity contribution < 1.29 is 14.2 Å². The van der Waals surface area contributed by atoms with E-state index in [1.54, 1.807) is 19.6 Å². The minimum absolute atomic E-state index is 0.236. The van der Waals surface area contributed by atoms with Gasteiger partial charge in [0.1, 0.15) is 5.75 Å². The average molecular weight is 269 g/mol. The summed E-state index contributed by atoms with van der Waals surface area (Å²) < 4.78 is 16.2. The lowest BCUT2D eigenvalue weighted by Gasteiger charge is -2.09. The Balaban J connectivity index is 1.91. The Kier molecular flexibility index (Phi) is 2.29. The van der Waals surface area contributed by atoms with Gasteiger partial charge in [0.2, 0.25) is 6.79 Å². The van der Waals surface area contributed by atoms with Crippen LogP contribution in [-0.4, -0.2) is 28.9 Å². The SMILES string of the molecule is COc1cc2c(cc1-c1cnc3nc[nH]c3c1)OCO2. The van der Waals surface area contributed by atoms with E-state index in [0.717, 1.165) is 22.4 Å². The molecule has 100 valence electrons. The molecule has 3 heterocycles.